The first kappa shape index (κ1) is 19.0. The van der Waals surface area contributed by atoms with E-state index in [0.717, 1.165) is 0 Å². The van der Waals surface area contributed by atoms with E-state index in [1.54, 1.807) is 82.4 Å². The Kier molecular flexibility index (Phi) is 5.52. The number of para-hydroxylation sites is 1. The predicted molar refractivity (Wildman–Crippen MR) is 98.4 cm³/mol. The molecule has 134 valence electrons. The van der Waals surface area contributed by atoms with Gasteiger partial charge in [-0.15, -0.1) is 0 Å². The Morgan fingerprint density at radius 3 is 2.16 bits per heavy atom. The minimum Gasteiger partial charge on any atom is -0.443 e. The summed E-state index contributed by atoms with van der Waals surface area (Å²) in [4.78, 5) is 13.9. The van der Waals surface area contributed by atoms with Gasteiger partial charge in [0.05, 0.1) is 16.3 Å². The molecule has 6 heteroatoms. The summed E-state index contributed by atoms with van der Waals surface area (Å²) in [5.41, 5.74) is 0.423. The van der Waals surface area contributed by atoms with Gasteiger partial charge in [0.1, 0.15) is 5.60 Å². The third-order valence-corrected chi connectivity index (χ3v) is 5.15. The molecule has 0 atom stereocenters. The van der Waals surface area contributed by atoms with Gasteiger partial charge in [-0.05, 0) is 44.5 Å². The van der Waals surface area contributed by atoms with Crippen molar-refractivity contribution < 1.29 is 17.9 Å². The largest absolute Gasteiger partial charge is 0.443 e. The van der Waals surface area contributed by atoms with Crippen molar-refractivity contribution >= 4 is 21.6 Å². The second kappa shape index (κ2) is 7.27. The second-order valence-electron chi connectivity index (χ2n) is 6.74. The topological polar surface area (TPSA) is 63.7 Å². The van der Waals surface area contributed by atoms with Crippen molar-refractivity contribution in [3.8, 4) is 0 Å². The van der Waals surface area contributed by atoms with Crippen LogP contribution in [0.3, 0.4) is 0 Å². The smallest absolute Gasteiger partial charge is 0.414 e. The fourth-order valence-electron chi connectivity index (χ4n) is 2.30. The highest BCUT2D eigenvalue weighted by molar-refractivity contribution is 7.90. The van der Waals surface area contributed by atoms with Crippen LogP contribution in [0.4, 0.5) is 10.5 Å². The quantitative estimate of drug-likeness (QED) is 0.825. The highest BCUT2D eigenvalue weighted by atomic mass is 32.2. The highest BCUT2D eigenvalue weighted by Gasteiger charge is 2.24. The molecule has 0 fully saturated rings. The van der Waals surface area contributed by atoms with Gasteiger partial charge in [-0.25, -0.2) is 13.2 Å². The number of carbonyl (C=O) groups is 1. The van der Waals surface area contributed by atoms with Crippen LogP contribution in [0, 0.1) is 0 Å². The summed E-state index contributed by atoms with van der Waals surface area (Å²) < 4.78 is 30.6. The lowest BCUT2D eigenvalue weighted by Crippen LogP contribution is -2.34. The molecular formula is C19H23NO4S. The standard InChI is InChI=1S/C19H23NO4S/c1-19(2,3)24-18(21)20(4)17-13-9-8-10-15(17)14-25(22,23)16-11-6-5-7-12-16/h5-13H,14H2,1-4H3. The summed E-state index contributed by atoms with van der Waals surface area (Å²) in [5, 5.41) is 0. The van der Waals surface area contributed by atoms with Crippen molar-refractivity contribution in [3.05, 3.63) is 60.2 Å². The number of carbonyl (C=O) groups excluding carboxylic acids is 1. The first-order valence-electron chi connectivity index (χ1n) is 7.92. The lowest BCUT2D eigenvalue weighted by Gasteiger charge is -2.26. The van der Waals surface area contributed by atoms with Crippen LogP contribution >= 0.6 is 0 Å². The molecule has 25 heavy (non-hydrogen) atoms. The van der Waals surface area contributed by atoms with Gasteiger partial charge in [-0.3, -0.25) is 4.90 Å². The lowest BCUT2D eigenvalue weighted by molar-refractivity contribution is 0.0589. The molecule has 0 aliphatic rings. The maximum atomic E-state index is 12.6. The fraction of sp³-hybridized carbons (Fsp3) is 0.316. The van der Waals surface area contributed by atoms with Gasteiger partial charge >= 0.3 is 6.09 Å². The normalized spacial score (nSPS) is 11.8. The average Bonchev–Trinajstić information content (AvgIpc) is 2.53. The van der Waals surface area contributed by atoms with Gasteiger partial charge in [-0.1, -0.05) is 36.4 Å². The SMILES string of the molecule is CN(C(=O)OC(C)(C)C)c1ccccc1CS(=O)(=O)c1ccccc1. The van der Waals surface area contributed by atoms with E-state index in [0.29, 0.717) is 11.3 Å². The molecule has 0 saturated heterocycles. The van der Waals surface area contributed by atoms with Gasteiger partial charge in [-0.2, -0.15) is 0 Å². The van der Waals surface area contributed by atoms with Crippen LogP contribution in [-0.2, 0) is 20.3 Å². The summed E-state index contributed by atoms with van der Waals surface area (Å²) in [6, 6.07) is 15.2. The average molecular weight is 361 g/mol. The molecule has 1 amide bonds. The minimum atomic E-state index is -3.51. The fourth-order valence-corrected chi connectivity index (χ4v) is 3.70. The molecule has 0 unspecified atom stereocenters. The number of sulfone groups is 1. The Bertz CT molecular complexity index is 839. The Morgan fingerprint density at radius 2 is 1.56 bits per heavy atom. The van der Waals surface area contributed by atoms with Crippen molar-refractivity contribution in [2.45, 2.75) is 37.0 Å². The lowest BCUT2D eigenvalue weighted by atomic mass is 10.2. The van der Waals surface area contributed by atoms with Crippen LogP contribution in [0.1, 0.15) is 26.3 Å². The number of rotatable bonds is 4. The summed E-state index contributed by atoms with van der Waals surface area (Å²) in [7, 11) is -1.94. The Morgan fingerprint density at radius 1 is 1.00 bits per heavy atom. The molecule has 0 aliphatic carbocycles. The van der Waals surface area contributed by atoms with Crippen LogP contribution in [0.2, 0.25) is 0 Å². The first-order chi connectivity index (χ1) is 11.6. The van der Waals surface area contributed by atoms with Crippen molar-refractivity contribution in [1.29, 1.82) is 0 Å². The molecule has 2 aromatic rings. The maximum Gasteiger partial charge on any atom is 0.414 e. The minimum absolute atomic E-state index is 0.194. The second-order valence-corrected chi connectivity index (χ2v) is 8.73. The number of benzene rings is 2. The van der Waals surface area contributed by atoms with Crippen LogP contribution < -0.4 is 4.90 Å². The molecule has 0 bridgehead atoms. The van der Waals surface area contributed by atoms with Crippen molar-refractivity contribution in [2.24, 2.45) is 0 Å². The number of nitrogens with zero attached hydrogens (tertiary/aromatic N) is 1. The molecule has 2 rings (SSSR count). The van der Waals surface area contributed by atoms with E-state index >= 15 is 0 Å². The molecule has 2 aromatic carbocycles. The molecule has 0 N–H and O–H groups in total. The monoisotopic (exact) mass is 361 g/mol. The maximum absolute atomic E-state index is 12.6. The van der Waals surface area contributed by atoms with Gasteiger partial charge in [0.25, 0.3) is 0 Å². The summed E-state index contributed by atoms with van der Waals surface area (Å²) >= 11 is 0. The zero-order chi connectivity index (χ0) is 18.7. The Hall–Kier alpha value is -2.34. The third-order valence-electron chi connectivity index (χ3n) is 3.47. The van der Waals surface area contributed by atoms with Gasteiger partial charge < -0.3 is 4.74 Å². The van der Waals surface area contributed by atoms with Gasteiger partial charge in [0.15, 0.2) is 9.84 Å². The molecule has 0 radical (unpaired) electrons. The first-order valence-corrected chi connectivity index (χ1v) is 9.58. The zero-order valence-electron chi connectivity index (χ0n) is 14.9. The van der Waals surface area contributed by atoms with Crippen LogP contribution in [-0.4, -0.2) is 27.2 Å². The van der Waals surface area contributed by atoms with E-state index in [9.17, 15) is 13.2 Å². The highest BCUT2D eigenvalue weighted by Crippen LogP contribution is 2.25. The number of hydrogen-bond acceptors (Lipinski definition) is 4. The summed E-state index contributed by atoms with van der Waals surface area (Å²) in [6.07, 6.45) is -0.531. The Balaban J connectivity index is 2.31. The van der Waals surface area contributed by atoms with E-state index in [4.69, 9.17) is 4.74 Å². The van der Waals surface area contributed by atoms with Crippen LogP contribution in [0.25, 0.3) is 0 Å². The van der Waals surface area contributed by atoms with E-state index in [1.807, 2.05) is 0 Å². The van der Waals surface area contributed by atoms with Crippen LogP contribution in [0.5, 0.6) is 0 Å². The predicted octanol–water partition coefficient (Wildman–Crippen LogP) is 4.03. The molecular weight excluding hydrogens is 338 g/mol. The van der Waals surface area contributed by atoms with E-state index in [2.05, 4.69) is 0 Å². The number of anilines is 1. The van der Waals surface area contributed by atoms with E-state index < -0.39 is 21.5 Å². The molecule has 5 nitrogen and oxygen atoms in total. The molecule has 0 aliphatic heterocycles. The molecule has 0 heterocycles. The van der Waals surface area contributed by atoms with Crippen LogP contribution in [0.15, 0.2) is 59.5 Å². The molecule has 0 spiro atoms. The van der Waals surface area contributed by atoms with Crippen molar-refractivity contribution in [1.82, 2.24) is 0 Å². The molecule has 0 aromatic heterocycles. The van der Waals surface area contributed by atoms with Gasteiger partial charge in [0, 0.05) is 7.05 Å². The summed E-state index contributed by atoms with van der Waals surface area (Å²) in [5.74, 6) is -0.194. The zero-order valence-corrected chi connectivity index (χ0v) is 15.7. The number of hydrogen-bond donors (Lipinski definition) is 0. The third kappa shape index (κ3) is 5.06. The van der Waals surface area contributed by atoms with Crippen molar-refractivity contribution in [3.63, 3.8) is 0 Å². The molecule has 0 saturated carbocycles. The number of amides is 1. The van der Waals surface area contributed by atoms with E-state index in [-0.39, 0.29) is 10.6 Å². The van der Waals surface area contributed by atoms with Crippen molar-refractivity contribution in [2.75, 3.05) is 11.9 Å². The van der Waals surface area contributed by atoms with Gasteiger partial charge in [0.2, 0.25) is 0 Å². The van der Waals surface area contributed by atoms with E-state index in [1.165, 1.54) is 4.90 Å². The Labute approximate surface area is 149 Å². The summed E-state index contributed by atoms with van der Waals surface area (Å²) in [6.45, 7) is 5.35. The number of ether oxygens (including phenoxy) is 1.